The SMILES string of the molecule is O=C(CN1CCCCCCC1=O)Nc1cccnc1. The lowest BCUT2D eigenvalue weighted by atomic mass is 10.1. The molecule has 1 aliphatic heterocycles. The molecule has 2 amide bonds. The second-order valence-corrected chi connectivity index (χ2v) is 4.77. The molecule has 1 N–H and O–H groups in total. The second kappa shape index (κ2) is 6.87. The number of likely N-dealkylation sites (tertiary alicyclic amines) is 1. The molecule has 0 aliphatic carbocycles. The van der Waals surface area contributed by atoms with E-state index in [4.69, 9.17) is 0 Å². The van der Waals surface area contributed by atoms with E-state index in [2.05, 4.69) is 10.3 Å². The zero-order valence-electron chi connectivity index (χ0n) is 11.0. The van der Waals surface area contributed by atoms with Gasteiger partial charge in [0.15, 0.2) is 0 Å². The smallest absolute Gasteiger partial charge is 0.244 e. The van der Waals surface area contributed by atoms with Crippen molar-refractivity contribution in [1.82, 2.24) is 9.88 Å². The van der Waals surface area contributed by atoms with Gasteiger partial charge in [0.05, 0.1) is 18.4 Å². The van der Waals surface area contributed by atoms with Crippen LogP contribution in [-0.2, 0) is 9.59 Å². The highest BCUT2D eigenvalue weighted by Crippen LogP contribution is 2.12. The first-order valence-electron chi connectivity index (χ1n) is 6.73. The molecule has 0 radical (unpaired) electrons. The van der Waals surface area contributed by atoms with Crippen LogP contribution in [-0.4, -0.2) is 34.8 Å². The third-order valence-corrected chi connectivity index (χ3v) is 3.20. The zero-order valence-corrected chi connectivity index (χ0v) is 11.0. The Labute approximate surface area is 113 Å². The van der Waals surface area contributed by atoms with Crippen LogP contribution in [0.25, 0.3) is 0 Å². The molecule has 0 bridgehead atoms. The maximum Gasteiger partial charge on any atom is 0.244 e. The van der Waals surface area contributed by atoms with Crippen LogP contribution in [0.3, 0.4) is 0 Å². The summed E-state index contributed by atoms with van der Waals surface area (Å²) >= 11 is 0. The summed E-state index contributed by atoms with van der Waals surface area (Å²) < 4.78 is 0. The van der Waals surface area contributed by atoms with E-state index < -0.39 is 0 Å². The third kappa shape index (κ3) is 4.35. The predicted octanol–water partition coefficient (Wildman–Crippen LogP) is 1.81. The number of carbonyl (C=O) groups is 2. The number of pyridine rings is 1. The number of hydrogen-bond donors (Lipinski definition) is 1. The summed E-state index contributed by atoms with van der Waals surface area (Å²) in [5, 5.41) is 2.75. The quantitative estimate of drug-likeness (QED) is 0.902. The fraction of sp³-hybridized carbons (Fsp3) is 0.500. The molecule has 102 valence electrons. The molecule has 0 unspecified atom stereocenters. The van der Waals surface area contributed by atoms with E-state index >= 15 is 0 Å². The molecule has 2 heterocycles. The third-order valence-electron chi connectivity index (χ3n) is 3.20. The fourth-order valence-electron chi connectivity index (χ4n) is 2.19. The molecule has 5 heteroatoms. The normalized spacial score (nSPS) is 16.6. The highest BCUT2D eigenvalue weighted by molar-refractivity contribution is 5.94. The average molecular weight is 261 g/mol. The van der Waals surface area contributed by atoms with Gasteiger partial charge in [-0.3, -0.25) is 14.6 Å². The summed E-state index contributed by atoms with van der Waals surface area (Å²) in [5.41, 5.74) is 0.659. The van der Waals surface area contributed by atoms with E-state index in [1.807, 2.05) is 0 Å². The zero-order chi connectivity index (χ0) is 13.5. The first-order valence-corrected chi connectivity index (χ1v) is 6.73. The lowest BCUT2D eigenvalue weighted by Gasteiger charge is -2.24. The van der Waals surface area contributed by atoms with Gasteiger partial charge in [0.2, 0.25) is 11.8 Å². The lowest BCUT2D eigenvalue weighted by Crippen LogP contribution is -2.39. The van der Waals surface area contributed by atoms with Crippen molar-refractivity contribution in [2.45, 2.75) is 32.1 Å². The molecule has 19 heavy (non-hydrogen) atoms. The molecule has 1 aromatic rings. The Morgan fingerprint density at radius 1 is 1.32 bits per heavy atom. The van der Waals surface area contributed by atoms with E-state index in [1.54, 1.807) is 29.4 Å². The van der Waals surface area contributed by atoms with Crippen molar-refractivity contribution in [3.8, 4) is 0 Å². The molecule has 0 aromatic carbocycles. The van der Waals surface area contributed by atoms with Gasteiger partial charge in [0, 0.05) is 19.2 Å². The van der Waals surface area contributed by atoms with Gasteiger partial charge in [-0.1, -0.05) is 12.8 Å². The van der Waals surface area contributed by atoms with Crippen LogP contribution in [0.15, 0.2) is 24.5 Å². The van der Waals surface area contributed by atoms with Crippen LogP contribution >= 0.6 is 0 Å². The maximum atomic E-state index is 11.9. The van der Waals surface area contributed by atoms with Gasteiger partial charge >= 0.3 is 0 Å². The average Bonchev–Trinajstić information content (AvgIpc) is 2.40. The maximum absolute atomic E-state index is 11.9. The first-order chi connectivity index (χ1) is 9.25. The van der Waals surface area contributed by atoms with Crippen LogP contribution in [0.1, 0.15) is 32.1 Å². The first kappa shape index (κ1) is 13.5. The van der Waals surface area contributed by atoms with Crippen LogP contribution in [0.2, 0.25) is 0 Å². The number of rotatable bonds is 3. The summed E-state index contributed by atoms with van der Waals surface area (Å²) in [5.74, 6) is -0.0806. The van der Waals surface area contributed by atoms with Gasteiger partial charge in [0.25, 0.3) is 0 Å². The van der Waals surface area contributed by atoms with Crippen molar-refractivity contribution >= 4 is 17.5 Å². The minimum Gasteiger partial charge on any atom is -0.333 e. The summed E-state index contributed by atoms with van der Waals surface area (Å²) in [4.78, 5) is 29.4. The van der Waals surface area contributed by atoms with Gasteiger partial charge in [-0.05, 0) is 25.0 Å². The Kier molecular flexibility index (Phi) is 4.89. The van der Waals surface area contributed by atoms with Crippen molar-refractivity contribution < 1.29 is 9.59 Å². The summed E-state index contributed by atoms with van der Waals surface area (Å²) in [6.45, 7) is 0.813. The Balaban J connectivity index is 1.88. The van der Waals surface area contributed by atoms with Crippen molar-refractivity contribution in [2.75, 3.05) is 18.4 Å². The number of carbonyl (C=O) groups excluding carboxylic acids is 2. The molecule has 0 spiro atoms. The van der Waals surface area contributed by atoms with E-state index in [1.165, 1.54) is 0 Å². The van der Waals surface area contributed by atoms with Crippen LogP contribution < -0.4 is 5.32 Å². The fourth-order valence-corrected chi connectivity index (χ4v) is 2.19. The Bertz CT molecular complexity index is 434. The summed E-state index contributed by atoms with van der Waals surface area (Å²) in [6, 6.07) is 3.54. The molecular formula is C14H19N3O2. The number of nitrogens with one attached hydrogen (secondary N) is 1. The second-order valence-electron chi connectivity index (χ2n) is 4.77. The van der Waals surface area contributed by atoms with Crippen LogP contribution in [0.5, 0.6) is 0 Å². The van der Waals surface area contributed by atoms with Gasteiger partial charge < -0.3 is 10.2 Å². The van der Waals surface area contributed by atoms with E-state index in [-0.39, 0.29) is 18.4 Å². The highest BCUT2D eigenvalue weighted by atomic mass is 16.2. The number of nitrogens with zero attached hydrogens (tertiary/aromatic N) is 2. The molecule has 1 fully saturated rings. The minimum absolute atomic E-state index is 0.0843. The largest absolute Gasteiger partial charge is 0.333 e. The highest BCUT2D eigenvalue weighted by Gasteiger charge is 2.18. The molecule has 1 aromatic heterocycles. The van der Waals surface area contributed by atoms with Gasteiger partial charge in [0.1, 0.15) is 0 Å². The lowest BCUT2D eigenvalue weighted by molar-refractivity contribution is -0.135. The van der Waals surface area contributed by atoms with Gasteiger partial charge in [-0.25, -0.2) is 0 Å². The van der Waals surface area contributed by atoms with Gasteiger partial charge in [-0.2, -0.15) is 0 Å². The molecule has 0 saturated carbocycles. The van der Waals surface area contributed by atoms with Crippen molar-refractivity contribution in [3.05, 3.63) is 24.5 Å². The Morgan fingerprint density at radius 2 is 2.16 bits per heavy atom. The number of hydrogen-bond acceptors (Lipinski definition) is 3. The molecule has 1 saturated heterocycles. The topological polar surface area (TPSA) is 62.3 Å². The van der Waals surface area contributed by atoms with E-state index in [9.17, 15) is 9.59 Å². The van der Waals surface area contributed by atoms with E-state index in [0.29, 0.717) is 18.7 Å². The van der Waals surface area contributed by atoms with E-state index in [0.717, 1.165) is 25.7 Å². The van der Waals surface area contributed by atoms with Crippen LogP contribution in [0, 0.1) is 0 Å². The monoisotopic (exact) mass is 261 g/mol. The summed E-state index contributed by atoms with van der Waals surface area (Å²) in [6.07, 6.45) is 7.95. The predicted molar refractivity (Wildman–Crippen MR) is 72.5 cm³/mol. The standard InChI is InChI=1S/C14H19N3O2/c18-13(16-12-6-5-8-15-10-12)11-17-9-4-2-1-3-7-14(17)19/h5-6,8,10H,1-4,7,9,11H2,(H,16,18). The molecular weight excluding hydrogens is 242 g/mol. The number of aromatic nitrogens is 1. The van der Waals surface area contributed by atoms with Crippen molar-refractivity contribution in [2.24, 2.45) is 0 Å². The number of anilines is 1. The van der Waals surface area contributed by atoms with Gasteiger partial charge in [-0.15, -0.1) is 0 Å². The molecule has 2 rings (SSSR count). The summed E-state index contributed by atoms with van der Waals surface area (Å²) in [7, 11) is 0. The minimum atomic E-state index is -0.165. The van der Waals surface area contributed by atoms with Crippen LogP contribution in [0.4, 0.5) is 5.69 Å². The molecule has 0 atom stereocenters. The Hall–Kier alpha value is -1.91. The van der Waals surface area contributed by atoms with Crippen molar-refractivity contribution in [1.29, 1.82) is 0 Å². The van der Waals surface area contributed by atoms with Crippen molar-refractivity contribution in [3.63, 3.8) is 0 Å². The molecule has 5 nitrogen and oxygen atoms in total. The molecule has 1 aliphatic rings. The Morgan fingerprint density at radius 3 is 2.95 bits per heavy atom. The number of amides is 2.